The van der Waals surface area contributed by atoms with Crippen LogP contribution >= 0.6 is 11.6 Å². The summed E-state index contributed by atoms with van der Waals surface area (Å²) in [6, 6.07) is 10.3. The molecule has 0 aliphatic heterocycles. The first-order valence-corrected chi connectivity index (χ1v) is 5.87. The number of benzene rings is 1. The van der Waals surface area contributed by atoms with E-state index in [2.05, 4.69) is 19.1 Å². The Balaban J connectivity index is 2.42. The van der Waals surface area contributed by atoms with Crippen LogP contribution in [0.15, 0.2) is 30.3 Å². The van der Waals surface area contributed by atoms with Gasteiger partial charge in [0.25, 0.3) is 0 Å². The van der Waals surface area contributed by atoms with Gasteiger partial charge in [0.15, 0.2) is 0 Å². The average molecular weight is 227 g/mol. The second-order valence-electron chi connectivity index (χ2n) is 3.92. The Labute approximate surface area is 97.4 Å². The van der Waals surface area contributed by atoms with Crippen molar-refractivity contribution in [2.45, 2.75) is 25.1 Å². The van der Waals surface area contributed by atoms with Crippen LogP contribution in [-0.4, -0.2) is 13.7 Å². The molecule has 84 valence electrons. The Bertz CT molecular complexity index is 260. The smallest absolute Gasteiger partial charge is 0.0610 e. The van der Waals surface area contributed by atoms with Gasteiger partial charge in [-0.05, 0) is 24.3 Å². The summed E-state index contributed by atoms with van der Waals surface area (Å²) in [4.78, 5) is 0. The number of hydrogen-bond acceptors (Lipinski definition) is 1. The van der Waals surface area contributed by atoms with Gasteiger partial charge in [0.2, 0.25) is 0 Å². The quantitative estimate of drug-likeness (QED) is 0.526. The summed E-state index contributed by atoms with van der Waals surface area (Å²) in [6.45, 7) is 3.02. The SMILES string of the molecule is COCCCC(C)C(Cl)c1ccccc1. The predicted molar refractivity (Wildman–Crippen MR) is 65.3 cm³/mol. The van der Waals surface area contributed by atoms with Crippen molar-refractivity contribution < 1.29 is 4.74 Å². The first-order valence-electron chi connectivity index (χ1n) is 5.43. The Morgan fingerprint density at radius 3 is 2.53 bits per heavy atom. The van der Waals surface area contributed by atoms with Gasteiger partial charge in [-0.1, -0.05) is 37.3 Å². The minimum atomic E-state index is 0.114. The van der Waals surface area contributed by atoms with Crippen LogP contribution in [0.4, 0.5) is 0 Å². The molecule has 0 heterocycles. The number of rotatable bonds is 6. The fourth-order valence-corrected chi connectivity index (χ4v) is 1.93. The van der Waals surface area contributed by atoms with Crippen molar-refractivity contribution in [3.63, 3.8) is 0 Å². The van der Waals surface area contributed by atoms with Crippen LogP contribution in [0.3, 0.4) is 0 Å². The third-order valence-corrected chi connectivity index (χ3v) is 3.31. The molecule has 1 aromatic rings. The van der Waals surface area contributed by atoms with E-state index in [4.69, 9.17) is 16.3 Å². The fourth-order valence-electron chi connectivity index (χ4n) is 1.66. The molecule has 1 rings (SSSR count). The third kappa shape index (κ3) is 4.23. The molecule has 0 aliphatic rings. The lowest BCUT2D eigenvalue weighted by atomic mass is 9.96. The van der Waals surface area contributed by atoms with E-state index in [9.17, 15) is 0 Å². The average Bonchev–Trinajstić information content (AvgIpc) is 2.29. The minimum absolute atomic E-state index is 0.114. The van der Waals surface area contributed by atoms with Gasteiger partial charge in [0.05, 0.1) is 5.38 Å². The highest BCUT2D eigenvalue weighted by Gasteiger charge is 2.15. The molecule has 0 saturated heterocycles. The first kappa shape index (κ1) is 12.5. The number of halogens is 1. The topological polar surface area (TPSA) is 9.23 Å². The molecule has 0 N–H and O–H groups in total. The Kier molecular flexibility index (Phi) is 5.74. The molecule has 0 saturated carbocycles. The van der Waals surface area contributed by atoms with Crippen LogP contribution in [0.25, 0.3) is 0 Å². The molecular formula is C13H19ClO. The molecule has 0 radical (unpaired) electrons. The zero-order valence-corrected chi connectivity index (χ0v) is 10.2. The molecule has 2 unspecified atom stereocenters. The highest BCUT2D eigenvalue weighted by Crippen LogP contribution is 2.31. The summed E-state index contributed by atoms with van der Waals surface area (Å²) < 4.78 is 5.03. The van der Waals surface area contributed by atoms with E-state index in [1.807, 2.05) is 18.2 Å². The molecule has 0 spiro atoms. The van der Waals surface area contributed by atoms with Crippen molar-refractivity contribution >= 4 is 11.6 Å². The van der Waals surface area contributed by atoms with Gasteiger partial charge < -0.3 is 4.74 Å². The minimum Gasteiger partial charge on any atom is -0.385 e. The van der Waals surface area contributed by atoms with E-state index in [1.165, 1.54) is 5.56 Å². The summed E-state index contributed by atoms with van der Waals surface area (Å²) in [7, 11) is 1.74. The first-order chi connectivity index (χ1) is 7.25. The van der Waals surface area contributed by atoms with E-state index in [0.717, 1.165) is 19.4 Å². The van der Waals surface area contributed by atoms with Crippen molar-refractivity contribution in [1.29, 1.82) is 0 Å². The monoisotopic (exact) mass is 226 g/mol. The van der Waals surface area contributed by atoms with Gasteiger partial charge >= 0.3 is 0 Å². The van der Waals surface area contributed by atoms with Gasteiger partial charge in [0, 0.05) is 13.7 Å². The van der Waals surface area contributed by atoms with Crippen molar-refractivity contribution in [3.05, 3.63) is 35.9 Å². The Morgan fingerprint density at radius 1 is 1.27 bits per heavy atom. The maximum Gasteiger partial charge on any atom is 0.0610 e. The summed E-state index contributed by atoms with van der Waals surface area (Å²) in [5.41, 5.74) is 1.21. The molecule has 2 atom stereocenters. The van der Waals surface area contributed by atoms with Gasteiger partial charge in [-0.25, -0.2) is 0 Å². The highest BCUT2D eigenvalue weighted by molar-refractivity contribution is 6.20. The van der Waals surface area contributed by atoms with Crippen molar-refractivity contribution in [3.8, 4) is 0 Å². The van der Waals surface area contributed by atoms with E-state index >= 15 is 0 Å². The maximum absolute atomic E-state index is 6.39. The van der Waals surface area contributed by atoms with Crippen molar-refractivity contribution in [1.82, 2.24) is 0 Å². The second-order valence-corrected chi connectivity index (χ2v) is 4.39. The molecule has 0 fully saturated rings. The summed E-state index contributed by atoms with van der Waals surface area (Å²) in [6.07, 6.45) is 2.19. The summed E-state index contributed by atoms with van der Waals surface area (Å²) in [5.74, 6) is 0.490. The van der Waals surface area contributed by atoms with Crippen LogP contribution in [0.5, 0.6) is 0 Å². The van der Waals surface area contributed by atoms with E-state index < -0.39 is 0 Å². The normalized spacial score (nSPS) is 14.9. The van der Waals surface area contributed by atoms with Crippen LogP contribution in [-0.2, 0) is 4.74 Å². The fraction of sp³-hybridized carbons (Fsp3) is 0.538. The maximum atomic E-state index is 6.39. The van der Waals surface area contributed by atoms with Crippen LogP contribution in [0, 0.1) is 5.92 Å². The van der Waals surface area contributed by atoms with Gasteiger partial charge in [-0.2, -0.15) is 0 Å². The third-order valence-electron chi connectivity index (χ3n) is 2.63. The number of ether oxygens (including phenoxy) is 1. The van der Waals surface area contributed by atoms with Gasteiger partial charge in [-0.15, -0.1) is 11.6 Å². The standard InChI is InChI=1S/C13H19ClO/c1-11(7-6-10-15-2)13(14)12-8-4-3-5-9-12/h3-5,8-9,11,13H,6-7,10H2,1-2H3. The number of methoxy groups -OCH3 is 1. The molecule has 0 aromatic heterocycles. The van der Waals surface area contributed by atoms with Gasteiger partial charge in [-0.3, -0.25) is 0 Å². The molecule has 0 amide bonds. The molecule has 1 aromatic carbocycles. The van der Waals surface area contributed by atoms with Crippen LogP contribution in [0.2, 0.25) is 0 Å². The molecule has 2 heteroatoms. The predicted octanol–water partition coefficient (Wildman–Crippen LogP) is 4.03. The highest BCUT2D eigenvalue weighted by atomic mass is 35.5. The van der Waals surface area contributed by atoms with E-state index in [1.54, 1.807) is 7.11 Å². The molecule has 15 heavy (non-hydrogen) atoms. The largest absolute Gasteiger partial charge is 0.385 e. The molecule has 0 bridgehead atoms. The van der Waals surface area contributed by atoms with E-state index in [0.29, 0.717) is 5.92 Å². The molecular weight excluding hydrogens is 208 g/mol. The lowest BCUT2D eigenvalue weighted by Gasteiger charge is -2.18. The van der Waals surface area contributed by atoms with Crippen molar-refractivity contribution in [2.75, 3.05) is 13.7 Å². The van der Waals surface area contributed by atoms with Gasteiger partial charge in [0.1, 0.15) is 0 Å². The van der Waals surface area contributed by atoms with Crippen LogP contribution in [0.1, 0.15) is 30.7 Å². The zero-order chi connectivity index (χ0) is 11.1. The zero-order valence-electron chi connectivity index (χ0n) is 9.45. The summed E-state index contributed by atoms with van der Waals surface area (Å²) >= 11 is 6.39. The number of alkyl halides is 1. The van der Waals surface area contributed by atoms with E-state index in [-0.39, 0.29) is 5.38 Å². The Hall–Kier alpha value is -0.530. The molecule has 1 nitrogen and oxygen atoms in total. The second kappa shape index (κ2) is 6.86. The molecule has 0 aliphatic carbocycles. The summed E-state index contributed by atoms with van der Waals surface area (Å²) in [5, 5.41) is 0.114. The van der Waals surface area contributed by atoms with Crippen molar-refractivity contribution in [2.24, 2.45) is 5.92 Å². The lowest BCUT2D eigenvalue weighted by molar-refractivity contribution is 0.187. The lowest BCUT2D eigenvalue weighted by Crippen LogP contribution is -2.05. The van der Waals surface area contributed by atoms with Crippen LogP contribution < -0.4 is 0 Å². The number of hydrogen-bond donors (Lipinski definition) is 0. The Morgan fingerprint density at radius 2 is 1.93 bits per heavy atom.